The first-order chi connectivity index (χ1) is 9.84. The molecule has 0 fully saturated rings. The number of hydrogen-bond acceptors (Lipinski definition) is 2. The van der Waals surface area contributed by atoms with Crippen LogP contribution in [0.25, 0.3) is 0 Å². The number of rotatable bonds is 6. The van der Waals surface area contributed by atoms with Crippen LogP contribution in [0.15, 0.2) is 24.3 Å². The van der Waals surface area contributed by atoms with Crippen LogP contribution in [0.3, 0.4) is 0 Å². The fourth-order valence-electron chi connectivity index (χ4n) is 1.54. The predicted octanol–water partition coefficient (Wildman–Crippen LogP) is 2.40. The van der Waals surface area contributed by atoms with E-state index < -0.39 is 12.1 Å². The Morgan fingerprint density at radius 1 is 1.10 bits per heavy atom. The molecule has 0 saturated heterocycles. The van der Waals surface area contributed by atoms with E-state index in [1.54, 1.807) is 5.32 Å². The molecular formula is C14H17F3N2O2. The number of halogens is 3. The first kappa shape index (κ1) is 17.0. The van der Waals surface area contributed by atoms with Crippen molar-refractivity contribution in [2.75, 3.05) is 6.54 Å². The third-order valence-corrected chi connectivity index (χ3v) is 2.74. The van der Waals surface area contributed by atoms with E-state index in [1.807, 2.05) is 6.92 Å². The van der Waals surface area contributed by atoms with Crippen molar-refractivity contribution in [2.45, 2.75) is 32.5 Å². The molecule has 0 saturated carbocycles. The molecule has 7 heteroatoms. The largest absolute Gasteiger partial charge is 0.471 e. The molecule has 0 bridgehead atoms. The maximum absolute atomic E-state index is 12.0. The fourth-order valence-corrected chi connectivity index (χ4v) is 1.54. The summed E-state index contributed by atoms with van der Waals surface area (Å²) in [5.74, 6) is -2.21. The lowest BCUT2D eigenvalue weighted by Crippen LogP contribution is -2.36. The Morgan fingerprint density at radius 3 is 2.24 bits per heavy atom. The van der Waals surface area contributed by atoms with E-state index in [1.165, 1.54) is 24.3 Å². The average Bonchev–Trinajstić information content (AvgIpc) is 2.44. The Hall–Kier alpha value is -2.05. The second-order valence-corrected chi connectivity index (χ2v) is 4.49. The van der Waals surface area contributed by atoms with Gasteiger partial charge in [-0.05, 0) is 24.1 Å². The van der Waals surface area contributed by atoms with Crippen molar-refractivity contribution in [1.82, 2.24) is 10.6 Å². The summed E-state index contributed by atoms with van der Waals surface area (Å²) in [6.07, 6.45) is -3.04. The molecule has 0 aliphatic carbocycles. The van der Waals surface area contributed by atoms with Crippen LogP contribution in [-0.4, -0.2) is 24.5 Å². The maximum Gasteiger partial charge on any atom is 0.471 e. The Kier molecular flexibility index (Phi) is 6.20. The molecule has 2 amide bonds. The van der Waals surface area contributed by atoms with Crippen LogP contribution in [0.5, 0.6) is 0 Å². The molecule has 4 nitrogen and oxygen atoms in total. The van der Waals surface area contributed by atoms with Gasteiger partial charge in [0.25, 0.3) is 5.91 Å². The van der Waals surface area contributed by atoms with Gasteiger partial charge in [-0.2, -0.15) is 13.2 Å². The Bertz CT molecular complexity index is 484. The van der Waals surface area contributed by atoms with Crippen LogP contribution in [-0.2, 0) is 11.3 Å². The molecule has 1 rings (SSSR count). The second-order valence-electron chi connectivity index (χ2n) is 4.49. The molecule has 1 aromatic carbocycles. The number of nitrogens with one attached hydrogen (secondary N) is 2. The molecule has 116 valence electrons. The lowest BCUT2D eigenvalue weighted by Gasteiger charge is -2.08. The van der Waals surface area contributed by atoms with Gasteiger partial charge in [0.1, 0.15) is 0 Å². The summed E-state index contributed by atoms with van der Waals surface area (Å²) in [5, 5.41) is 4.50. The van der Waals surface area contributed by atoms with Crippen molar-refractivity contribution in [3.8, 4) is 0 Å². The highest BCUT2D eigenvalue weighted by atomic mass is 19.4. The van der Waals surface area contributed by atoms with Gasteiger partial charge in [-0.25, -0.2) is 0 Å². The zero-order chi connectivity index (χ0) is 15.9. The number of alkyl halides is 3. The minimum absolute atomic E-state index is 0.227. The van der Waals surface area contributed by atoms with E-state index in [9.17, 15) is 22.8 Å². The third kappa shape index (κ3) is 5.85. The number of hydrogen-bond donors (Lipinski definition) is 2. The van der Waals surface area contributed by atoms with Crippen LogP contribution in [0, 0.1) is 0 Å². The molecule has 21 heavy (non-hydrogen) atoms. The molecule has 2 N–H and O–H groups in total. The van der Waals surface area contributed by atoms with Crippen LogP contribution in [0.1, 0.15) is 35.7 Å². The summed E-state index contributed by atoms with van der Waals surface area (Å²) >= 11 is 0. The van der Waals surface area contributed by atoms with E-state index in [0.717, 1.165) is 12.8 Å². The van der Waals surface area contributed by atoms with Crippen molar-refractivity contribution in [3.05, 3.63) is 35.4 Å². The Morgan fingerprint density at radius 2 is 1.71 bits per heavy atom. The molecule has 0 atom stereocenters. The number of carbonyl (C=O) groups is 2. The molecular weight excluding hydrogens is 285 g/mol. The first-order valence-electron chi connectivity index (χ1n) is 6.56. The van der Waals surface area contributed by atoms with Gasteiger partial charge in [0.15, 0.2) is 0 Å². The lowest BCUT2D eigenvalue weighted by atomic mass is 10.1. The standard InChI is InChI=1S/C14H17F3N2O2/c1-2-3-8-18-12(20)11-6-4-10(5-7-11)9-19-13(21)14(15,16)17/h4-7H,2-3,8-9H2,1H3,(H,18,20)(H,19,21). The van der Waals surface area contributed by atoms with Gasteiger partial charge in [0.05, 0.1) is 0 Å². The van der Waals surface area contributed by atoms with Gasteiger partial charge in [0.2, 0.25) is 0 Å². The highest BCUT2D eigenvalue weighted by molar-refractivity contribution is 5.94. The van der Waals surface area contributed by atoms with E-state index in [-0.39, 0.29) is 12.5 Å². The van der Waals surface area contributed by atoms with Gasteiger partial charge >= 0.3 is 12.1 Å². The smallest absolute Gasteiger partial charge is 0.352 e. The molecule has 0 unspecified atom stereocenters. The van der Waals surface area contributed by atoms with Crippen molar-refractivity contribution in [1.29, 1.82) is 0 Å². The van der Waals surface area contributed by atoms with E-state index >= 15 is 0 Å². The quantitative estimate of drug-likeness (QED) is 0.793. The van der Waals surface area contributed by atoms with Gasteiger partial charge in [-0.15, -0.1) is 0 Å². The molecule has 0 spiro atoms. The van der Waals surface area contributed by atoms with Crippen LogP contribution < -0.4 is 10.6 Å². The van der Waals surface area contributed by atoms with Crippen LogP contribution in [0.2, 0.25) is 0 Å². The number of carbonyl (C=O) groups excluding carboxylic acids is 2. The summed E-state index contributed by atoms with van der Waals surface area (Å²) in [7, 11) is 0. The van der Waals surface area contributed by atoms with E-state index in [0.29, 0.717) is 17.7 Å². The summed E-state index contributed by atoms with van der Waals surface area (Å²) in [4.78, 5) is 22.4. The molecule has 0 aliphatic heterocycles. The summed E-state index contributed by atoms with van der Waals surface area (Å²) < 4.78 is 36.0. The van der Waals surface area contributed by atoms with Crippen molar-refractivity contribution >= 4 is 11.8 Å². The van der Waals surface area contributed by atoms with Crippen molar-refractivity contribution in [3.63, 3.8) is 0 Å². The molecule has 0 radical (unpaired) electrons. The van der Waals surface area contributed by atoms with Crippen LogP contribution >= 0.6 is 0 Å². The van der Waals surface area contributed by atoms with E-state index in [4.69, 9.17) is 0 Å². The normalized spacial score (nSPS) is 11.0. The molecule has 1 aromatic rings. The lowest BCUT2D eigenvalue weighted by molar-refractivity contribution is -0.173. The Balaban J connectivity index is 2.50. The van der Waals surface area contributed by atoms with E-state index in [2.05, 4.69) is 5.32 Å². The molecule has 0 aromatic heterocycles. The maximum atomic E-state index is 12.0. The second kappa shape index (κ2) is 7.66. The summed E-state index contributed by atoms with van der Waals surface area (Å²) in [6.45, 7) is 2.35. The highest BCUT2D eigenvalue weighted by Gasteiger charge is 2.38. The van der Waals surface area contributed by atoms with Gasteiger partial charge in [-0.1, -0.05) is 25.5 Å². The number of amides is 2. The van der Waals surface area contributed by atoms with Gasteiger partial charge in [-0.3, -0.25) is 9.59 Å². The molecule has 0 aliphatic rings. The van der Waals surface area contributed by atoms with Crippen molar-refractivity contribution in [2.24, 2.45) is 0 Å². The monoisotopic (exact) mass is 302 g/mol. The highest BCUT2D eigenvalue weighted by Crippen LogP contribution is 2.14. The molecule has 0 heterocycles. The number of unbranched alkanes of at least 4 members (excludes halogenated alkanes) is 1. The summed E-state index contributed by atoms with van der Waals surface area (Å²) in [6, 6.07) is 6.03. The van der Waals surface area contributed by atoms with Crippen LogP contribution in [0.4, 0.5) is 13.2 Å². The SMILES string of the molecule is CCCCNC(=O)c1ccc(CNC(=O)C(F)(F)F)cc1. The van der Waals surface area contributed by atoms with Crippen molar-refractivity contribution < 1.29 is 22.8 Å². The minimum Gasteiger partial charge on any atom is -0.352 e. The zero-order valence-corrected chi connectivity index (χ0v) is 11.6. The van der Waals surface area contributed by atoms with Gasteiger partial charge < -0.3 is 10.6 Å². The summed E-state index contributed by atoms with van der Waals surface area (Å²) in [5.41, 5.74) is 0.912. The predicted molar refractivity (Wildman–Crippen MR) is 71.6 cm³/mol. The topological polar surface area (TPSA) is 58.2 Å². The first-order valence-corrected chi connectivity index (χ1v) is 6.56. The third-order valence-electron chi connectivity index (χ3n) is 2.74. The Labute approximate surface area is 120 Å². The fraction of sp³-hybridized carbons (Fsp3) is 0.429. The zero-order valence-electron chi connectivity index (χ0n) is 11.6. The minimum atomic E-state index is -4.89. The average molecular weight is 302 g/mol. The number of benzene rings is 1. The van der Waals surface area contributed by atoms with Gasteiger partial charge in [0, 0.05) is 18.7 Å².